The van der Waals surface area contributed by atoms with Gasteiger partial charge in [-0.05, 0) is 42.8 Å². The molecule has 0 bridgehead atoms. The van der Waals surface area contributed by atoms with Gasteiger partial charge < -0.3 is 18.6 Å². The lowest BCUT2D eigenvalue weighted by Crippen LogP contribution is -2.32. The van der Waals surface area contributed by atoms with E-state index in [2.05, 4.69) is 6.92 Å². The SMILES string of the molecule is CCCCCN1CCN(c2ccc(S(=O)Oc3ccc(OC)c(OC)c3)cc2)C1=O. The van der Waals surface area contributed by atoms with Crippen LogP contribution >= 0.6 is 0 Å². The first-order valence-corrected chi connectivity index (χ1v) is 11.1. The maximum Gasteiger partial charge on any atom is 0.324 e. The van der Waals surface area contributed by atoms with Crippen LogP contribution in [-0.2, 0) is 11.1 Å². The van der Waals surface area contributed by atoms with Gasteiger partial charge in [-0.2, -0.15) is 0 Å². The lowest BCUT2D eigenvalue weighted by Gasteiger charge is -2.19. The van der Waals surface area contributed by atoms with Gasteiger partial charge in [-0.25, -0.2) is 9.00 Å². The molecule has 3 rings (SSSR count). The first-order chi connectivity index (χ1) is 14.6. The Balaban J connectivity index is 1.63. The van der Waals surface area contributed by atoms with Gasteiger partial charge in [-0.3, -0.25) is 4.90 Å². The predicted octanol–water partition coefficient (Wildman–Crippen LogP) is 4.24. The normalized spacial score (nSPS) is 14.7. The standard InChI is InChI=1S/C22H28N2O5S/c1-4-5-6-13-23-14-15-24(22(23)25)17-7-10-19(11-8-17)30(26)29-18-9-12-20(27-2)21(16-18)28-3/h7-12,16H,4-6,13-15H2,1-3H3. The van der Waals surface area contributed by atoms with Crippen molar-refractivity contribution in [2.24, 2.45) is 0 Å². The highest BCUT2D eigenvalue weighted by Gasteiger charge is 2.29. The van der Waals surface area contributed by atoms with E-state index in [0.29, 0.717) is 28.7 Å². The second-order valence-electron chi connectivity index (χ2n) is 6.96. The lowest BCUT2D eigenvalue weighted by molar-refractivity contribution is 0.219. The van der Waals surface area contributed by atoms with Crippen LogP contribution in [0.4, 0.5) is 10.5 Å². The predicted molar refractivity (Wildman–Crippen MR) is 117 cm³/mol. The van der Waals surface area contributed by atoms with Gasteiger partial charge in [-0.15, -0.1) is 0 Å². The Kier molecular flexibility index (Phi) is 7.57. The van der Waals surface area contributed by atoms with Gasteiger partial charge in [0.2, 0.25) is 11.1 Å². The van der Waals surface area contributed by atoms with Crippen molar-refractivity contribution < 1.29 is 22.7 Å². The van der Waals surface area contributed by atoms with Crippen LogP contribution in [0.2, 0.25) is 0 Å². The maximum absolute atomic E-state index is 12.6. The molecule has 0 N–H and O–H groups in total. The number of amides is 2. The summed E-state index contributed by atoms with van der Waals surface area (Å²) in [6.45, 7) is 4.34. The maximum atomic E-state index is 12.6. The second kappa shape index (κ2) is 10.3. The summed E-state index contributed by atoms with van der Waals surface area (Å²) >= 11 is -1.69. The number of anilines is 1. The molecule has 2 amide bonds. The first-order valence-electron chi connectivity index (χ1n) is 10.1. The molecule has 0 spiro atoms. The molecule has 2 aromatic rings. The molecule has 0 radical (unpaired) electrons. The Morgan fingerprint density at radius 1 is 0.967 bits per heavy atom. The number of unbranched alkanes of at least 4 members (excludes halogenated alkanes) is 2. The summed E-state index contributed by atoms with van der Waals surface area (Å²) in [6.07, 6.45) is 3.29. The summed E-state index contributed by atoms with van der Waals surface area (Å²) in [5.74, 6) is 1.48. The van der Waals surface area contributed by atoms with Gasteiger partial charge in [0.05, 0.1) is 19.1 Å². The molecule has 0 aromatic heterocycles. The Labute approximate surface area is 180 Å². The molecular formula is C22H28N2O5S. The van der Waals surface area contributed by atoms with E-state index >= 15 is 0 Å². The smallest absolute Gasteiger partial charge is 0.324 e. The van der Waals surface area contributed by atoms with E-state index < -0.39 is 11.1 Å². The van der Waals surface area contributed by atoms with Crippen LogP contribution < -0.4 is 18.6 Å². The fourth-order valence-corrected chi connectivity index (χ4v) is 4.06. The van der Waals surface area contributed by atoms with E-state index in [0.717, 1.165) is 38.0 Å². The van der Waals surface area contributed by atoms with E-state index in [1.807, 2.05) is 4.90 Å². The first kappa shape index (κ1) is 22.0. The van der Waals surface area contributed by atoms with Crippen LogP contribution in [0.3, 0.4) is 0 Å². The van der Waals surface area contributed by atoms with Crippen molar-refractivity contribution in [3.8, 4) is 17.2 Å². The quantitative estimate of drug-likeness (QED) is 0.526. The molecule has 1 saturated heterocycles. The molecule has 1 heterocycles. The van der Waals surface area contributed by atoms with Crippen LogP contribution in [0.25, 0.3) is 0 Å². The molecule has 1 fully saturated rings. The summed E-state index contributed by atoms with van der Waals surface area (Å²) in [5, 5.41) is 0. The summed E-state index contributed by atoms with van der Waals surface area (Å²) in [7, 11) is 3.08. The highest BCUT2D eigenvalue weighted by Crippen LogP contribution is 2.32. The van der Waals surface area contributed by atoms with E-state index in [1.54, 1.807) is 54.5 Å². The van der Waals surface area contributed by atoms with Crippen LogP contribution in [0.15, 0.2) is 47.4 Å². The molecule has 1 atom stereocenters. The monoisotopic (exact) mass is 432 g/mol. The van der Waals surface area contributed by atoms with Crippen LogP contribution in [-0.4, -0.2) is 49.0 Å². The Hall–Kier alpha value is -2.74. The van der Waals surface area contributed by atoms with Crippen molar-refractivity contribution in [2.75, 3.05) is 38.8 Å². The van der Waals surface area contributed by atoms with E-state index in [1.165, 1.54) is 7.11 Å². The zero-order valence-electron chi connectivity index (χ0n) is 17.6. The number of rotatable bonds is 10. The fraction of sp³-hybridized carbons (Fsp3) is 0.409. The van der Waals surface area contributed by atoms with Crippen molar-refractivity contribution in [1.29, 1.82) is 0 Å². The van der Waals surface area contributed by atoms with Gasteiger partial charge in [0.1, 0.15) is 5.75 Å². The Bertz CT molecular complexity index is 888. The molecule has 2 aromatic carbocycles. The number of ether oxygens (including phenoxy) is 2. The Morgan fingerprint density at radius 3 is 2.37 bits per heavy atom. The van der Waals surface area contributed by atoms with Crippen molar-refractivity contribution >= 4 is 22.8 Å². The van der Waals surface area contributed by atoms with E-state index in [-0.39, 0.29) is 6.03 Å². The van der Waals surface area contributed by atoms with E-state index in [9.17, 15) is 9.00 Å². The van der Waals surface area contributed by atoms with Crippen molar-refractivity contribution in [3.05, 3.63) is 42.5 Å². The largest absolute Gasteiger partial charge is 0.493 e. The number of urea groups is 1. The highest BCUT2D eigenvalue weighted by molar-refractivity contribution is 7.80. The van der Waals surface area contributed by atoms with Crippen LogP contribution in [0.5, 0.6) is 17.2 Å². The molecule has 8 heteroatoms. The molecular weight excluding hydrogens is 404 g/mol. The molecule has 162 valence electrons. The third-order valence-corrected chi connectivity index (χ3v) is 6.00. The molecule has 0 aliphatic carbocycles. The summed E-state index contributed by atoms with van der Waals surface area (Å²) in [4.78, 5) is 16.8. The number of nitrogens with zero attached hydrogens (tertiary/aromatic N) is 2. The third kappa shape index (κ3) is 5.05. The minimum atomic E-state index is -1.69. The van der Waals surface area contributed by atoms with Crippen molar-refractivity contribution in [1.82, 2.24) is 4.90 Å². The van der Waals surface area contributed by atoms with Gasteiger partial charge in [0.25, 0.3) is 0 Å². The van der Waals surface area contributed by atoms with Crippen molar-refractivity contribution in [3.63, 3.8) is 0 Å². The van der Waals surface area contributed by atoms with Gasteiger partial charge >= 0.3 is 6.03 Å². The average Bonchev–Trinajstić information content (AvgIpc) is 3.14. The molecule has 1 aliphatic rings. The third-order valence-electron chi connectivity index (χ3n) is 4.99. The second-order valence-corrected chi connectivity index (χ2v) is 8.06. The van der Waals surface area contributed by atoms with Crippen LogP contribution in [0.1, 0.15) is 26.2 Å². The summed E-state index contributed by atoms with van der Waals surface area (Å²) in [5.41, 5.74) is 0.796. The number of hydrogen-bond donors (Lipinski definition) is 0. The lowest BCUT2D eigenvalue weighted by atomic mass is 10.2. The van der Waals surface area contributed by atoms with Gasteiger partial charge in [0.15, 0.2) is 11.5 Å². The van der Waals surface area contributed by atoms with Gasteiger partial charge in [-0.1, -0.05) is 19.8 Å². The fourth-order valence-electron chi connectivity index (χ4n) is 3.32. The average molecular weight is 433 g/mol. The molecule has 1 aliphatic heterocycles. The number of carbonyl (C=O) groups excluding carboxylic acids is 1. The molecule has 7 nitrogen and oxygen atoms in total. The minimum Gasteiger partial charge on any atom is -0.493 e. The van der Waals surface area contributed by atoms with Crippen molar-refractivity contribution in [2.45, 2.75) is 31.1 Å². The summed E-state index contributed by atoms with van der Waals surface area (Å²) < 4.78 is 28.6. The highest BCUT2D eigenvalue weighted by atomic mass is 32.2. The number of hydrogen-bond acceptors (Lipinski definition) is 5. The molecule has 0 saturated carbocycles. The number of carbonyl (C=O) groups is 1. The van der Waals surface area contributed by atoms with Gasteiger partial charge in [0, 0.05) is 31.4 Å². The Morgan fingerprint density at radius 2 is 1.70 bits per heavy atom. The topological polar surface area (TPSA) is 68.3 Å². The molecule has 1 unspecified atom stereocenters. The molecule has 30 heavy (non-hydrogen) atoms. The minimum absolute atomic E-state index is 0.0292. The number of benzene rings is 2. The van der Waals surface area contributed by atoms with E-state index in [4.69, 9.17) is 13.7 Å². The summed E-state index contributed by atoms with van der Waals surface area (Å²) in [6, 6.07) is 12.1. The zero-order valence-corrected chi connectivity index (χ0v) is 18.4. The number of methoxy groups -OCH3 is 2. The zero-order chi connectivity index (χ0) is 21.5. The van der Waals surface area contributed by atoms with Crippen LogP contribution in [0, 0.1) is 0 Å².